The summed E-state index contributed by atoms with van der Waals surface area (Å²) in [4.78, 5) is 24.8. The van der Waals surface area contributed by atoms with Crippen molar-refractivity contribution in [1.82, 2.24) is 9.97 Å². The molecule has 0 saturated heterocycles. The summed E-state index contributed by atoms with van der Waals surface area (Å²) < 4.78 is 48.8. The Hall–Kier alpha value is -3.70. The fourth-order valence-corrected chi connectivity index (χ4v) is 4.97. The highest BCUT2D eigenvalue weighted by Gasteiger charge is 2.35. The highest BCUT2D eigenvalue weighted by molar-refractivity contribution is 7.21. The first-order valence-corrected chi connectivity index (χ1v) is 13.0. The first-order chi connectivity index (χ1) is 18.3. The number of rotatable bonds is 6. The molecule has 2 aromatic heterocycles. The Morgan fingerprint density at radius 3 is 2.33 bits per heavy atom. The smallest absolute Gasteiger partial charge is 0.417 e. The molecule has 39 heavy (non-hydrogen) atoms. The number of benzene rings is 2. The molecule has 2 heterocycles. The lowest BCUT2D eigenvalue weighted by atomic mass is 10.00. The number of hydrogen-bond donors (Lipinski definition) is 1. The minimum absolute atomic E-state index is 0.0159. The molecule has 0 bridgehead atoms. The Bertz CT molecular complexity index is 1480. The number of aromatic nitrogens is 2. The first-order valence-electron chi connectivity index (χ1n) is 12.2. The number of thiazole rings is 1. The number of halogens is 3. The first kappa shape index (κ1) is 28.3. The van der Waals surface area contributed by atoms with Gasteiger partial charge in [0.15, 0.2) is 0 Å². The Morgan fingerprint density at radius 2 is 1.74 bits per heavy atom. The molecule has 4 aromatic rings. The number of carbonyl (C=O) groups is 1. The lowest BCUT2D eigenvalue weighted by Crippen LogP contribution is -2.39. The van der Waals surface area contributed by atoms with E-state index in [1.807, 2.05) is 19.0 Å². The van der Waals surface area contributed by atoms with E-state index in [-0.39, 0.29) is 23.7 Å². The van der Waals surface area contributed by atoms with E-state index in [4.69, 9.17) is 10.5 Å². The average Bonchev–Trinajstić information content (AvgIpc) is 3.28. The number of pyridine rings is 1. The summed E-state index contributed by atoms with van der Waals surface area (Å²) in [6.07, 6.45) is -3.60. The van der Waals surface area contributed by atoms with Crippen molar-refractivity contribution in [3.63, 3.8) is 0 Å². The molecule has 0 fully saturated rings. The van der Waals surface area contributed by atoms with Crippen LogP contribution in [0.2, 0.25) is 0 Å². The van der Waals surface area contributed by atoms with Crippen LogP contribution in [0.15, 0.2) is 54.7 Å². The molecule has 206 valence electrons. The van der Waals surface area contributed by atoms with Gasteiger partial charge in [-0.3, -0.25) is 4.90 Å². The van der Waals surface area contributed by atoms with Crippen LogP contribution in [0.3, 0.4) is 0 Å². The summed E-state index contributed by atoms with van der Waals surface area (Å²) in [5, 5.41) is 0.227. The quantitative estimate of drug-likeness (QED) is 0.280. The zero-order valence-corrected chi connectivity index (χ0v) is 23.2. The summed E-state index contributed by atoms with van der Waals surface area (Å²) in [5.74, 6) is 0.706. The van der Waals surface area contributed by atoms with E-state index in [1.54, 1.807) is 63.4 Å². The van der Waals surface area contributed by atoms with Gasteiger partial charge in [-0.25, -0.2) is 14.8 Å². The molecule has 0 spiro atoms. The highest BCUT2D eigenvalue weighted by Crippen LogP contribution is 2.42. The number of hydrogen-bond acceptors (Lipinski definition) is 7. The predicted molar refractivity (Wildman–Crippen MR) is 150 cm³/mol. The van der Waals surface area contributed by atoms with Crippen LogP contribution in [0.1, 0.15) is 26.3 Å². The van der Waals surface area contributed by atoms with Crippen LogP contribution in [-0.2, 0) is 10.9 Å². The minimum Gasteiger partial charge on any atom is -0.443 e. The van der Waals surface area contributed by atoms with Gasteiger partial charge in [-0.1, -0.05) is 12.1 Å². The van der Waals surface area contributed by atoms with Crippen molar-refractivity contribution in [2.45, 2.75) is 32.5 Å². The number of carbonyl (C=O) groups excluding carboxylic acids is 1. The topological polar surface area (TPSA) is 84.6 Å². The van der Waals surface area contributed by atoms with Crippen LogP contribution in [0.4, 0.5) is 29.5 Å². The van der Waals surface area contributed by atoms with Crippen molar-refractivity contribution in [2.24, 2.45) is 5.73 Å². The van der Waals surface area contributed by atoms with Gasteiger partial charge in [-0.2, -0.15) is 13.2 Å². The zero-order chi connectivity index (χ0) is 28.5. The standard InChI is InChI=1S/C28H30F3N5O2S/c1-27(2,3)38-26(37)36(13-12-32)19-8-10-22-23(15-19)39-25(34-22)20-9-6-17(14-21(20)28(29,30)31)18-7-11-24(33-16-18)35(4)5/h6-11,14-16H,12-13,32H2,1-5H3. The van der Waals surface area contributed by atoms with Crippen LogP contribution in [0.25, 0.3) is 31.9 Å². The second-order valence-electron chi connectivity index (χ2n) is 10.1. The van der Waals surface area contributed by atoms with Crippen LogP contribution < -0.4 is 15.5 Å². The number of nitrogens with zero attached hydrogens (tertiary/aromatic N) is 4. The minimum atomic E-state index is -4.60. The molecule has 0 radical (unpaired) electrons. The number of anilines is 2. The molecule has 0 aliphatic carbocycles. The van der Waals surface area contributed by atoms with Crippen molar-refractivity contribution in [3.8, 4) is 21.7 Å². The Morgan fingerprint density at radius 1 is 1.03 bits per heavy atom. The van der Waals surface area contributed by atoms with E-state index < -0.39 is 23.4 Å². The molecule has 11 heteroatoms. The molecular weight excluding hydrogens is 527 g/mol. The molecule has 0 unspecified atom stereocenters. The van der Waals surface area contributed by atoms with Gasteiger partial charge in [-0.15, -0.1) is 11.3 Å². The lowest BCUT2D eigenvalue weighted by molar-refractivity contribution is -0.137. The fourth-order valence-electron chi connectivity index (χ4n) is 3.93. The predicted octanol–water partition coefficient (Wildman–Crippen LogP) is 6.81. The van der Waals surface area contributed by atoms with Gasteiger partial charge in [0.1, 0.15) is 16.4 Å². The molecule has 1 amide bonds. The number of ether oxygens (including phenoxy) is 1. The molecule has 0 aliphatic rings. The van der Waals surface area contributed by atoms with Gasteiger partial charge in [0.05, 0.1) is 15.8 Å². The van der Waals surface area contributed by atoms with Crippen molar-refractivity contribution < 1.29 is 22.7 Å². The van der Waals surface area contributed by atoms with Gasteiger partial charge < -0.3 is 15.4 Å². The molecule has 0 saturated carbocycles. The monoisotopic (exact) mass is 557 g/mol. The van der Waals surface area contributed by atoms with E-state index in [0.717, 1.165) is 17.4 Å². The summed E-state index contributed by atoms with van der Waals surface area (Å²) in [7, 11) is 3.68. The highest BCUT2D eigenvalue weighted by atomic mass is 32.1. The maximum Gasteiger partial charge on any atom is 0.417 e. The summed E-state index contributed by atoms with van der Waals surface area (Å²) >= 11 is 1.12. The van der Waals surface area contributed by atoms with Crippen LogP contribution >= 0.6 is 11.3 Å². The molecule has 4 rings (SSSR count). The van der Waals surface area contributed by atoms with E-state index in [0.29, 0.717) is 32.8 Å². The Kier molecular flexibility index (Phi) is 7.85. The Labute approximate surface area is 229 Å². The van der Waals surface area contributed by atoms with Gasteiger partial charge in [-0.05, 0) is 62.7 Å². The van der Waals surface area contributed by atoms with Gasteiger partial charge in [0.2, 0.25) is 0 Å². The third kappa shape index (κ3) is 6.48. The van der Waals surface area contributed by atoms with E-state index in [2.05, 4.69) is 9.97 Å². The lowest BCUT2D eigenvalue weighted by Gasteiger charge is -2.27. The van der Waals surface area contributed by atoms with Gasteiger partial charge in [0.25, 0.3) is 0 Å². The maximum atomic E-state index is 14.2. The largest absolute Gasteiger partial charge is 0.443 e. The molecule has 0 atom stereocenters. The van der Waals surface area contributed by atoms with Crippen LogP contribution in [0, 0.1) is 0 Å². The molecule has 2 N–H and O–H groups in total. The van der Waals surface area contributed by atoms with Crippen molar-refractivity contribution in [2.75, 3.05) is 37.0 Å². The van der Waals surface area contributed by atoms with Gasteiger partial charge >= 0.3 is 12.3 Å². The SMILES string of the molecule is CN(C)c1ccc(-c2ccc(-c3nc4ccc(N(CCN)C(=O)OC(C)(C)C)cc4s3)c(C(F)(F)F)c2)cn1. The molecule has 0 aliphatic heterocycles. The zero-order valence-electron chi connectivity index (χ0n) is 22.3. The average molecular weight is 558 g/mol. The third-order valence-corrected chi connectivity index (χ3v) is 6.80. The summed E-state index contributed by atoms with van der Waals surface area (Å²) in [6.45, 7) is 5.73. The van der Waals surface area contributed by atoms with Crippen LogP contribution in [-0.4, -0.2) is 48.8 Å². The molecular formula is C28H30F3N5O2S. The fraction of sp³-hybridized carbons (Fsp3) is 0.321. The molecule has 7 nitrogen and oxygen atoms in total. The number of fused-ring (bicyclic) bond motifs is 1. The second kappa shape index (κ2) is 10.8. The maximum absolute atomic E-state index is 14.2. The van der Waals surface area contributed by atoms with Crippen molar-refractivity contribution >= 4 is 39.2 Å². The summed E-state index contributed by atoms with van der Waals surface area (Å²) in [6, 6.07) is 12.8. The van der Waals surface area contributed by atoms with E-state index in [1.165, 1.54) is 11.0 Å². The molecule has 2 aromatic carbocycles. The van der Waals surface area contributed by atoms with E-state index in [9.17, 15) is 18.0 Å². The number of amides is 1. The number of alkyl halides is 3. The Balaban J connectivity index is 1.73. The van der Waals surface area contributed by atoms with Crippen molar-refractivity contribution in [1.29, 1.82) is 0 Å². The van der Waals surface area contributed by atoms with Gasteiger partial charge in [0, 0.05) is 50.2 Å². The normalized spacial score (nSPS) is 12.0. The summed E-state index contributed by atoms with van der Waals surface area (Å²) in [5.41, 5.74) is 6.26. The number of nitrogens with two attached hydrogens (primary N) is 1. The van der Waals surface area contributed by atoms with E-state index >= 15 is 0 Å². The second-order valence-corrected chi connectivity index (χ2v) is 11.2. The van der Waals surface area contributed by atoms with Crippen LogP contribution in [0.5, 0.6) is 0 Å². The third-order valence-electron chi connectivity index (χ3n) is 5.75. The van der Waals surface area contributed by atoms with Crippen molar-refractivity contribution in [3.05, 3.63) is 60.3 Å².